The number of carbonyl (C=O) groups excluding carboxylic acids is 1. The molecular weight excluding hydrogens is 268 g/mol. The van der Waals surface area contributed by atoms with Crippen molar-refractivity contribution in [3.63, 3.8) is 0 Å². The molecule has 0 radical (unpaired) electrons. The third-order valence-corrected chi connectivity index (χ3v) is 3.98. The molecule has 0 aliphatic heterocycles. The number of nitrogens with zero attached hydrogens (tertiary/aromatic N) is 2. The van der Waals surface area contributed by atoms with Crippen LogP contribution in [0.3, 0.4) is 0 Å². The molecule has 6 nitrogen and oxygen atoms in total. The quantitative estimate of drug-likeness (QED) is 0.723. The fourth-order valence-corrected chi connectivity index (χ4v) is 2.54. The van der Waals surface area contributed by atoms with Gasteiger partial charge in [0, 0.05) is 13.1 Å². The second-order valence-corrected chi connectivity index (χ2v) is 5.34. The highest BCUT2D eigenvalue weighted by atomic mass is 16.3. The SMILES string of the molecule is CCC(CC)C(O)CNC(=O)Nc1c(C)nn(CC)c1C. The molecule has 0 aromatic carbocycles. The molecule has 0 fully saturated rings. The first kappa shape index (κ1) is 17.5. The Kier molecular flexibility index (Phi) is 6.68. The van der Waals surface area contributed by atoms with E-state index >= 15 is 0 Å². The van der Waals surface area contributed by atoms with Crippen LogP contribution < -0.4 is 10.6 Å². The van der Waals surface area contributed by atoms with E-state index in [9.17, 15) is 9.90 Å². The Bertz CT molecular complexity index is 466. The highest BCUT2D eigenvalue weighted by Crippen LogP contribution is 2.19. The normalized spacial score (nSPS) is 12.5. The van der Waals surface area contributed by atoms with Gasteiger partial charge in [0.15, 0.2) is 0 Å². The lowest BCUT2D eigenvalue weighted by Gasteiger charge is -2.20. The van der Waals surface area contributed by atoms with Gasteiger partial charge in [0.05, 0.1) is 23.2 Å². The number of aliphatic hydroxyl groups is 1. The predicted octanol–water partition coefficient (Wildman–Crippen LogP) is 2.44. The van der Waals surface area contributed by atoms with Crippen LogP contribution in [0.4, 0.5) is 10.5 Å². The first-order valence-electron chi connectivity index (χ1n) is 7.71. The number of nitrogens with one attached hydrogen (secondary N) is 2. The molecule has 1 heterocycles. The number of aromatic nitrogens is 2. The van der Waals surface area contributed by atoms with Gasteiger partial charge < -0.3 is 15.7 Å². The molecule has 0 saturated heterocycles. The van der Waals surface area contributed by atoms with E-state index in [4.69, 9.17) is 0 Å². The highest BCUT2D eigenvalue weighted by Gasteiger charge is 2.17. The minimum Gasteiger partial charge on any atom is -0.391 e. The van der Waals surface area contributed by atoms with E-state index < -0.39 is 6.10 Å². The number of carbonyl (C=O) groups is 1. The third-order valence-electron chi connectivity index (χ3n) is 3.98. The minimum absolute atomic E-state index is 0.219. The van der Waals surface area contributed by atoms with Crippen molar-refractivity contribution < 1.29 is 9.90 Å². The molecule has 1 atom stereocenters. The molecule has 1 unspecified atom stereocenters. The Morgan fingerprint density at radius 2 is 1.90 bits per heavy atom. The van der Waals surface area contributed by atoms with E-state index in [2.05, 4.69) is 15.7 Å². The summed E-state index contributed by atoms with van der Waals surface area (Å²) in [5.41, 5.74) is 2.47. The molecule has 120 valence electrons. The van der Waals surface area contributed by atoms with Gasteiger partial charge in [-0.1, -0.05) is 26.7 Å². The first-order valence-corrected chi connectivity index (χ1v) is 7.71. The van der Waals surface area contributed by atoms with Crippen molar-refractivity contribution in [2.24, 2.45) is 5.92 Å². The highest BCUT2D eigenvalue weighted by molar-refractivity contribution is 5.90. The van der Waals surface area contributed by atoms with Crippen LogP contribution in [0.25, 0.3) is 0 Å². The molecule has 1 aromatic rings. The van der Waals surface area contributed by atoms with Gasteiger partial charge in [-0.15, -0.1) is 0 Å². The standard InChI is InChI=1S/C15H28N4O2/c1-6-12(7-2)13(20)9-16-15(21)17-14-10(4)18-19(8-3)11(14)5/h12-13,20H,6-9H2,1-5H3,(H2,16,17,21). The minimum atomic E-state index is -0.508. The van der Waals surface area contributed by atoms with Gasteiger partial charge in [-0.2, -0.15) is 5.10 Å². The lowest BCUT2D eigenvalue weighted by Crippen LogP contribution is -2.38. The molecule has 0 aliphatic rings. The number of hydrogen-bond donors (Lipinski definition) is 3. The maximum Gasteiger partial charge on any atom is 0.319 e. The number of anilines is 1. The van der Waals surface area contributed by atoms with E-state index in [-0.39, 0.29) is 18.5 Å². The zero-order valence-corrected chi connectivity index (χ0v) is 13.7. The molecule has 0 bridgehead atoms. The van der Waals surface area contributed by atoms with E-state index in [0.29, 0.717) is 0 Å². The molecule has 0 spiro atoms. The first-order chi connectivity index (χ1) is 9.94. The Morgan fingerprint density at radius 3 is 2.38 bits per heavy atom. The molecule has 6 heteroatoms. The Morgan fingerprint density at radius 1 is 1.29 bits per heavy atom. The summed E-state index contributed by atoms with van der Waals surface area (Å²) in [5, 5.41) is 19.9. The molecule has 2 amide bonds. The summed E-state index contributed by atoms with van der Waals surface area (Å²) in [5.74, 6) is 0.219. The summed E-state index contributed by atoms with van der Waals surface area (Å²) in [6.45, 7) is 10.9. The number of aliphatic hydroxyl groups excluding tert-OH is 1. The summed E-state index contributed by atoms with van der Waals surface area (Å²) in [7, 11) is 0. The molecule has 1 rings (SSSR count). The van der Waals surface area contributed by atoms with Crippen molar-refractivity contribution >= 4 is 11.7 Å². The summed E-state index contributed by atoms with van der Waals surface area (Å²) < 4.78 is 1.85. The maximum atomic E-state index is 11.9. The monoisotopic (exact) mass is 296 g/mol. The van der Waals surface area contributed by atoms with Crippen LogP contribution in [0.2, 0.25) is 0 Å². The Hall–Kier alpha value is -1.56. The number of urea groups is 1. The zero-order chi connectivity index (χ0) is 16.0. The predicted molar refractivity (Wildman–Crippen MR) is 84.5 cm³/mol. The second kappa shape index (κ2) is 8.02. The van der Waals surface area contributed by atoms with Gasteiger partial charge in [0.25, 0.3) is 0 Å². The van der Waals surface area contributed by atoms with Gasteiger partial charge in [-0.3, -0.25) is 4.68 Å². The average molecular weight is 296 g/mol. The van der Waals surface area contributed by atoms with Gasteiger partial charge in [-0.25, -0.2) is 4.79 Å². The summed E-state index contributed by atoms with van der Waals surface area (Å²) in [6, 6.07) is -0.304. The van der Waals surface area contributed by atoms with Crippen molar-refractivity contribution in [1.29, 1.82) is 0 Å². The van der Waals surface area contributed by atoms with Crippen LogP contribution in [0, 0.1) is 19.8 Å². The maximum absolute atomic E-state index is 11.9. The topological polar surface area (TPSA) is 79.2 Å². The third kappa shape index (κ3) is 4.46. The molecule has 0 aliphatic carbocycles. The van der Waals surface area contributed by atoms with Crippen LogP contribution in [0.5, 0.6) is 0 Å². The average Bonchev–Trinajstić information content (AvgIpc) is 2.73. The van der Waals surface area contributed by atoms with Gasteiger partial charge in [0.2, 0.25) is 0 Å². The molecule has 0 saturated carbocycles. The summed E-state index contributed by atoms with van der Waals surface area (Å²) in [6.07, 6.45) is 1.30. The van der Waals surface area contributed by atoms with Crippen molar-refractivity contribution in [2.75, 3.05) is 11.9 Å². The largest absolute Gasteiger partial charge is 0.391 e. The lowest BCUT2D eigenvalue weighted by molar-refractivity contribution is 0.104. The molecule has 3 N–H and O–H groups in total. The molecule has 1 aromatic heterocycles. The summed E-state index contributed by atoms with van der Waals surface area (Å²) >= 11 is 0. The van der Waals surface area contributed by atoms with Crippen LogP contribution in [-0.4, -0.2) is 33.6 Å². The Balaban J connectivity index is 2.57. The van der Waals surface area contributed by atoms with Crippen LogP contribution in [0.15, 0.2) is 0 Å². The molecular formula is C15H28N4O2. The van der Waals surface area contributed by atoms with E-state index in [0.717, 1.165) is 36.5 Å². The summed E-state index contributed by atoms with van der Waals surface area (Å²) in [4.78, 5) is 11.9. The van der Waals surface area contributed by atoms with E-state index in [1.54, 1.807) is 0 Å². The zero-order valence-electron chi connectivity index (χ0n) is 13.7. The van der Waals surface area contributed by atoms with Crippen LogP contribution in [0.1, 0.15) is 45.0 Å². The number of amides is 2. The Labute approximate surface area is 126 Å². The second-order valence-electron chi connectivity index (χ2n) is 5.34. The van der Waals surface area contributed by atoms with Crippen LogP contribution >= 0.6 is 0 Å². The fourth-order valence-electron chi connectivity index (χ4n) is 2.54. The van der Waals surface area contributed by atoms with E-state index in [1.807, 2.05) is 39.3 Å². The van der Waals surface area contributed by atoms with Gasteiger partial charge >= 0.3 is 6.03 Å². The number of hydrogen-bond acceptors (Lipinski definition) is 3. The van der Waals surface area contributed by atoms with Gasteiger partial charge in [0.1, 0.15) is 0 Å². The number of rotatable bonds is 7. The van der Waals surface area contributed by atoms with Gasteiger partial charge in [-0.05, 0) is 26.7 Å². The van der Waals surface area contributed by atoms with Crippen molar-refractivity contribution in [2.45, 2.75) is 60.1 Å². The van der Waals surface area contributed by atoms with E-state index in [1.165, 1.54) is 0 Å². The smallest absolute Gasteiger partial charge is 0.319 e. The molecule has 21 heavy (non-hydrogen) atoms. The van der Waals surface area contributed by atoms with Crippen molar-refractivity contribution in [3.05, 3.63) is 11.4 Å². The van der Waals surface area contributed by atoms with Crippen molar-refractivity contribution in [1.82, 2.24) is 15.1 Å². The lowest BCUT2D eigenvalue weighted by atomic mass is 9.97. The fraction of sp³-hybridized carbons (Fsp3) is 0.733. The van der Waals surface area contributed by atoms with Crippen molar-refractivity contribution in [3.8, 4) is 0 Å². The van der Waals surface area contributed by atoms with Crippen LogP contribution in [-0.2, 0) is 6.54 Å². The number of aryl methyl sites for hydroxylation is 2.